The van der Waals surface area contributed by atoms with Gasteiger partial charge in [-0.2, -0.15) is 0 Å². The topological polar surface area (TPSA) is 77.9 Å². The fourth-order valence-corrected chi connectivity index (χ4v) is 3.03. The maximum Gasteiger partial charge on any atom is 0.346 e. The van der Waals surface area contributed by atoms with Crippen LogP contribution in [0.15, 0.2) is 33.8 Å². The number of para-hydroxylation sites is 1. The highest BCUT2D eigenvalue weighted by Crippen LogP contribution is 2.29. The third-order valence-electron chi connectivity index (χ3n) is 2.10. The quantitative estimate of drug-likeness (QED) is 0.364. The first-order chi connectivity index (χ1) is 9.69. The maximum atomic E-state index is 11.6. The molecule has 2 aromatic rings. The van der Waals surface area contributed by atoms with E-state index in [-0.39, 0.29) is 11.7 Å². The zero-order valence-electron chi connectivity index (χ0n) is 10.4. The van der Waals surface area contributed by atoms with E-state index in [4.69, 9.17) is 0 Å². The van der Waals surface area contributed by atoms with E-state index < -0.39 is 5.97 Å². The minimum Gasteiger partial charge on any atom is -0.466 e. The van der Waals surface area contributed by atoms with Crippen LogP contribution < -0.4 is 0 Å². The van der Waals surface area contributed by atoms with Gasteiger partial charge in [0.15, 0.2) is 4.34 Å². The molecular weight excluding hydrogens is 300 g/mol. The molecule has 0 aliphatic heterocycles. The number of esters is 1. The van der Waals surface area contributed by atoms with Crippen molar-refractivity contribution in [3.63, 3.8) is 0 Å². The molecule has 1 aromatic carbocycles. The van der Waals surface area contributed by atoms with Gasteiger partial charge in [-0.15, -0.1) is 11.3 Å². The Bertz CT molecular complexity index is 621. The van der Waals surface area contributed by atoms with Gasteiger partial charge in [-0.05, 0) is 23.9 Å². The largest absolute Gasteiger partial charge is 0.466 e. The van der Waals surface area contributed by atoms with E-state index in [0.717, 1.165) is 28.2 Å². The Labute approximate surface area is 122 Å². The second-order valence-corrected chi connectivity index (χ2v) is 5.73. The number of benzene rings is 1. The van der Waals surface area contributed by atoms with Crippen LogP contribution in [0.3, 0.4) is 0 Å². The van der Waals surface area contributed by atoms with Crippen LogP contribution >= 0.6 is 23.1 Å². The molecular formula is C12H10N2O4S2. The molecule has 0 spiro atoms. The molecule has 0 saturated heterocycles. The minimum absolute atomic E-state index is 0.325. The van der Waals surface area contributed by atoms with Gasteiger partial charge in [0.25, 0.3) is 0 Å². The first kappa shape index (κ1) is 14.5. The van der Waals surface area contributed by atoms with Crippen molar-refractivity contribution in [1.82, 2.24) is 4.98 Å². The number of hydrogen-bond donors (Lipinski definition) is 0. The third kappa shape index (κ3) is 4.04. The summed E-state index contributed by atoms with van der Waals surface area (Å²) in [5, 5.41) is 3.06. The van der Waals surface area contributed by atoms with Crippen molar-refractivity contribution in [2.75, 3.05) is 13.7 Å². The van der Waals surface area contributed by atoms with Crippen LogP contribution in [0.2, 0.25) is 0 Å². The Morgan fingerprint density at radius 2 is 2.25 bits per heavy atom. The number of carbonyl (C=O) groups is 2. The predicted octanol–water partition coefficient (Wildman–Crippen LogP) is 2.09. The third-order valence-corrected chi connectivity index (χ3v) is 4.01. The molecule has 0 N–H and O–H groups in total. The highest BCUT2D eigenvalue weighted by Gasteiger charge is 2.08. The number of thiazole rings is 1. The summed E-state index contributed by atoms with van der Waals surface area (Å²) in [6.07, 6.45) is 1.000. The number of thioether (sulfide) groups is 1. The van der Waals surface area contributed by atoms with Crippen molar-refractivity contribution >= 4 is 50.6 Å². The summed E-state index contributed by atoms with van der Waals surface area (Å²) < 4.78 is 6.00. The molecule has 0 saturated carbocycles. The fourth-order valence-electron chi connectivity index (χ4n) is 1.24. The Hall–Kier alpha value is -1.93. The fraction of sp³-hybridized carbons (Fsp3) is 0.167. The van der Waals surface area contributed by atoms with Crippen LogP contribution in [0.1, 0.15) is 0 Å². The molecule has 20 heavy (non-hydrogen) atoms. The lowest BCUT2D eigenvalue weighted by atomic mass is 10.3. The number of oxime groups is 1. The first-order valence-electron chi connectivity index (χ1n) is 5.48. The molecule has 0 radical (unpaired) electrons. The van der Waals surface area contributed by atoms with E-state index in [0.29, 0.717) is 4.34 Å². The molecule has 0 bridgehead atoms. The van der Waals surface area contributed by atoms with Gasteiger partial charge >= 0.3 is 5.97 Å². The Kier molecular flexibility index (Phi) is 5.08. The number of carbonyl (C=O) groups excluding carboxylic acids is 2. The summed E-state index contributed by atoms with van der Waals surface area (Å²) in [5.41, 5.74) is 0.853. The van der Waals surface area contributed by atoms with Crippen molar-refractivity contribution < 1.29 is 19.2 Å². The maximum absolute atomic E-state index is 11.6. The summed E-state index contributed by atoms with van der Waals surface area (Å²) in [4.78, 5) is 31.2. The second-order valence-electron chi connectivity index (χ2n) is 3.45. The highest BCUT2D eigenvalue weighted by atomic mass is 32.2. The molecule has 0 amide bonds. The number of rotatable bonds is 5. The summed E-state index contributed by atoms with van der Waals surface area (Å²) in [7, 11) is 1.24. The van der Waals surface area contributed by atoms with Crippen molar-refractivity contribution in [1.29, 1.82) is 0 Å². The average molecular weight is 310 g/mol. The van der Waals surface area contributed by atoms with Gasteiger partial charge < -0.3 is 9.57 Å². The molecule has 1 heterocycles. The van der Waals surface area contributed by atoms with Crippen LogP contribution in [0, 0.1) is 0 Å². The van der Waals surface area contributed by atoms with Crippen LogP contribution in [-0.2, 0) is 19.2 Å². The van der Waals surface area contributed by atoms with Crippen molar-refractivity contribution in [2.45, 2.75) is 4.34 Å². The predicted molar refractivity (Wildman–Crippen MR) is 76.9 cm³/mol. The van der Waals surface area contributed by atoms with E-state index in [9.17, 15) is 9.59 Å². The molecule has 0 unspecified atom stereocenters. The lowest BCUT2D eigenvalue weighted by molar-refractivity contribution is -0.145. The van der Waals surface area contributed by atoms with Gasteiger partial charge in [0.1, 0.15) is 6.21 Å². The molecule has 2 rings (SSSR count). The standard InChI is InChI=1S/C12H10N2O4S2/c1-17-10(15)7-18-13-6-11(16)20-12-14-8-4-2-3-5-9(8)19-12/h2-6H,7H2,1H3. The van der Waals surface area contributed by atoms with Crippen molar-refractivity contribution in [3.8, 4) is 0 Å². The zero-order chi connectivity index (χ0) is 14.4. The first-order valence-corrected chi connectivity index (χ1v) is 7.12. The lowest BCUT2D eigenvalue weighted by Crippen LogP contribution is -2.08. The molecule has 0 atom stereocenters. The van der Waals surface area contributed by atoms with Gasteiger partial charge in [-0.1, -0.05) is 17.3 Å². The van der Waals surface area contributed by atoms with Gasteiger partial charge in [0.05, 0.1) is 17.3 Å². The van der Waals surface area contributed by atoms with E-state index in [1.54, 1.807) is 0 Å². The number of fused-ring (bicyclic) bond motifs is 1. The van der Waals surface area contributed by atoms with E-state index in [1.807, 2.05) is 24.3 Å². The molecule has 0 fully saturated rings. The molecule has 1 aromatic heterocycles. The smallest absolute Gasteiger partial charge is 0.346 e. The van der Waals surface area contributed by atoms with Gasteiger partial charge in [0, 0.05) is 0 Å². The van der Waals surface area contributed by atoms with Gasteiger partial charge in [-0.25, -0.2) is 9.78 Å². The summed E-state index contributed by atoms with van der Waals surface area (Å²) in [6, 6.07) is 7.63. The molecule has 8 heteroatoms. The normalized spacial score (nSPS) is 10.8. The van der Waals surface area contributed by atoms with E-state index in [2.05, 4.69) is 19.7 Å². The number of ether oxygens (including phenoxy) is 1. The van der Waals surface area contributed by atoms with Gasteiger partial charge in [0.2, 0.25) is 11.7 Å². The molecule has 0 aliphatic rings. The van der Waals surface area contributed by atoms with E-state index in [1.165, 1.54) is 18.4 Å². The average Bonchev–Trinajstić information content (AvgIpc) is 2.85. The Morgan fingerprint density at radius 3 is 3.00 bits per heavy atom. The van der Waals surface area contributed by atoms with Gasteiger partial charge in [-0.3, -0.25) is 4.79 Å². The monoisotopic (exact) mass is 310 g/mol. The zero-order valence-corrected chi connectivity index (χ0v) is 12.1. The number of methoxy groups -OCH3 is 1. The molecule has 0 aliphatic carbocycles. The van der Waals surface area contributed by atoms with E-state index >= 15 is 0 Å². The van der Waals surface area contributed by atoms with Crippen LogP contribution in [0.25, 0.3) is 10.2 Å². The van der Waals surface area contributed by atoms with Crippen LogP contribution in [0.5, 0.6) is 0 Å². The number of aromatic nitrogens is 1. The summed E-state index contributed by atoms with van der Waals surface area (Å²) in [5.74, 6) is -0.562. The summed E-state index contributed by atoms with van der Waals surface area (Å²) >= 11 is 2.38. The minimum atomic E-state index is -0.562. The summed E-state index contributed by atoms with van der Waals surface area (Å²) in [6.45, 7) is -0.327. The SMILES string of the molecule is COC(=O)CON=CC(=O)Sc1nc2ccccc2s1. The Balaban J connectivity index is 1.88. The lowest BCUT2D eigenvalue weighted by Gasteiger charge is -1.95. The molecule has 104 valence electrons. The van der Waals surface area contributed by atoms with Crippen LogP contribution in [0.4, 0.5) is 0 Å². The van der Waals surface area contributed by atoms with Crippen LogP contribution in [-0.4, -0.2) is 36.0 Å². The number of hydrogen-bond acceptors (Lipinski definition) is 8. The second kappa shape index (κ2) is 7.01. The van der Waals surface area contributed by atoms with Crippen molar-refractivity contribution in [3.05, 3.63) is 24.3 Å². The number of nitrogens with zero attached hydrogens (tertiary/aromatic N) is 2. The molecule has 6 nitrogen and oxygen atoms in total. The van der Waals surface area contributed by atoms with Crippen molar-refractivity contribution in [2.24, 2.45) is 5.16 Å². The highest BCUT2D eigenvalue weighted by molar-refractivity contribution is 8.16. The Morgan fingerprint density at radius 1 is 1.45 bits per heavy atom.